The lowest BCUT2D eigenvalue weighted by molar-refractivity contribution is -0.0445. The van der Waals surface area contributed by atoms with Crippen LogP contribution in [0.5, 0.6) is 0 Å². The summed E-state index contributed by atoms with van der Waals surface area (Å²) in [4.78, 5) is 18.4. The molecule has 0 N–H and O–H groups in total. The Morgan fingerprint density at radius 1 is 1.42 bits per heavy atom. The van der Waals surface area contributed by atoms with E-state index in [0.29, 0.717) is 23.7 Å². The number of hydrogen-bond acceptors (Lipinski definition) is 3. The van der Waals surface area contributed by atoms with Crippen molar-refractivity contribution in [1.82, 2.24) is 9.88 Å². The largest absolute Gasteiger partial charge is 0.374 e. The smallest absolute Gasteiger partial charge is 0.255 e. The number of ether oxygens (including phenoxy) is 1. The Labute approximate surface area is 121 Å². The van der Waals surface area contributed by atoms with Crippen LogP contribution in [0.25, 0.3) is 0 Å². The summed E-state index contributed by atoms with van der Waals surface area (Å²) in [6, 6.07) is 1.70. The van der Waals surface area contributed by atoms with Gasteiger partial charge in [0, 0.05) is 12.7 Å². The first kappa shape index (κ1) is 13.2. The molecule has 0 aromatic carbocycles. The van der Waals surface area contributed by atoms with E-state index in [1.165, 1.54) is 12.3 Å². The first-order valence-corrected chi connectivity index (χ1v) is 7.16. The summed E-state index contributed by atoms with van der Waals surface area (Å²) in [5, 5.41) is 0.624. The summed E-state index contributed by atoms with van der Waals surface area (Å²) < 4.78 is 5.71. The van der Waals surface area contributed by atoms with Crippen molar-refractivity contribution in [3.63, 3.8) is 0 Å². The zero-order valence-electron chi connectivity index (χ0n) is 10.3. The van der Waals surface area contributed by atoms with E-state index in [-0.39, 0.29) is 23.2 Å². The van der Waals surface area contributed by atoms with E-state index in [9.17, 15) is 4.79 Å². The fraction of sp³-hybridized carbons (Fsp3) is 0.538. The molecule has 1 saturated carbocycles. The van der Waals surface area contributed by atoms with Crippen LogP contribution in [0.2, 0.25) is 10.2 Å². The van der Waals surface area contributed by atoms with E-state index in [2.05, 4.69) is 4.98 Å². The molecular weight excluding hydrogens is 287 g/mol. The van der Waals surface area contributed by atoms with E-state index in [4.69, 9.17) is 27.9 Å². The Morgan fingerprint density at radius 2 is 2.26 bits per heavy atom. The van der Waals surface area contributed by atoms with Crippen LogP contribution in [0.15, 0.2) is 12.3 Å². The molecule has 102 valence electrons. The van der Waals surface area contributed by atoms with Gasteiger partial charge in [-0.05, 0) is 25.3 Å². The van der Waals surface area contributed by atoms with Crippen LogP contribution in [0, 0.1) is 0 Å². The number of halogens is 2. The molecule has 4 nitrogen and oxygen atoms in total. The Balaban J connectivity index is 1.88. The summed E-state index contributed by atoms with van der Waals surface area (Å²) in [6.45, 7) is 1.19. The van der Waals surface area contributed by atoms with Crippen LogP contribution < -0.4 is 0 Å². The number of nitrogens with zero attached hydrogens (tertiary/aromatic N) is 2. The van der Waals surface area contributed by atoms with Gasteiger partial charge in [0.25, 0.3) is 5.91 Å². The molecule has 1 saturated heterocycles. The van der Waals surface area contributed by atoms with Gasteiger partial charge in [0.15, 0.2) is 0 Å². The molecule has 6 heteroatoms. The third kappa shape index (κ3) is 2.45. The molecule has 1 aliphatic carbocycles. The number of carbonyl (C=O) groups is 1. The number of morpholine rings is 1. The number of carbonyl (C=O) groups excluding carboxylic acids is 1. The van der Waals surface area contributed by atoms with Crippen LogP contribution in [-0.4, -0.2) is 41.1 Å². The average molecular weight is 301 g/mol. The fourth-order valence-electron chi connectivity index (χ4n) is 2.91. The van der Waals surface area contributed by atoms with Gasteiger partial charge in [-0.3, -0.25) is 4.79 Å². The van der Waals surface area contributed by atoms with E-state index >= 15 is 0 Å². The zero-order chi connectivity index (χ0) is 13.4. The summed E-state index contributed by atoms with van der Waals surface area (Å²) in [5.74, 6) is -0.0745. The van der Waals surface area contributed by atoms with Gasteiger partial charge >= 0.3 is 0 Å². The van der Waals surface area contributed by atoms with Crippen LogP contribution in [0.3, 0.4) is 0 Å². The quantitative estimate of drug-likeness (QED) is 0.749. The lowest BCUT2D eigenvalue weighted by Gasteiger charge is -2.37. The molecule has 2 aliphatic rings. The first-order valence-electron chi connectivity index (χ1n) is 6.40. The van der Waals surface area contributed by atoms with Gasteiger partial charge in [0.1, 0.15) is 5.15 Å². The van der Waals surface area contributed by atoms with Gasteiger partial charge in [-0.2, -0.15) is 0 Å². The predicted octanol–water partition coefficient (Wildman–Crippen LogP) is 2.78. The topological polar surface area (TPSA) is 42.4 Å². The molecule has 0 spiro atoms. The van der Waals surface area contributed by atoms with Crippen molar-refractivity contribution in [2.45, 2.75) is 31.4 Å². The highest BCUT2D eigenvalue weighted by atomic mass is 35.5. The highest BCUT2D eigenvalue weighted by Gasteiger charge is 2.39. The summed E-state index contributed by atoms with van der Waals surface area (Å²) >= 11 is 11.9. The second kappa shape index (κ2) is 5.27. The number of pyridine rings is 1. The van der Waals surface area contributed by atoms with Crippen LogP contribution in [-0.2, 0) is 4.74 Å². The SMILES string of the molecule is O=C(c1cc(Cl)ncc1Cl)N1CCOC2CCCC21. The third-order valence-electron chi connectivity index (χ3n) is 3.80. The maximum Gasteiger partial charge on any atom is 0.255 e. The fourth-order valence-corrected chi connectivity index (χ4v) is 3.25. The Morgan fingerprint density at radius 3 is 3.11 bits per heavy atom. The summed E-state index contributed by atoms with van der Waals surface area (Å²) in [7, 11) is 0. The van der Waals surface area contributed by atoms with Crippen molar-refractivity contribution in [1.29, 1.82) is 0 Å². The van der Waals surface area contributed by atoms with Crippen molar-refractivity contribution in [3.05, 3.63) is 28.0 Å². The molecule has 3 rings (SSSR count). The molecular formula is C13H14Cl2N2O2. The Bertz CT molecular complexity index is 509. The molecule has 2 heterocycles. The minimum atomic E-state index is -0.0745. The van der Waals surface area contributed by atoms with Crippen LogP contribution in [0.1, 0.15) is 29.6 Å². The van der Waals surface area contributed by atoms with E-state index in [1.807, 2.05) is 4.90 Å². The maximum atomic E-state index is 12.6. The van der Waals surface area contributed by atoms with Crippen LogP contribution >= 0.6 is 23.2 Å². The van der Waals surface area contributed by atoms with Gasteiger partial charge in [-0.25, -0.2) is 4.98 Å². The highest BCUT2D eigenvalue weighted by Crippen LogP contribution is 2.31. The minimum Gasteiger partial charge on any atom is -0.374 e. The van der Waals surface area contributed by atoms with Crippen molar-refractivity contribution in [3.8, 4) is 0 Å². The standard InChI is InChI=1S/C13H14Cl2N2O2/c14-9-7-16-12(15)6-8(9)13(18)17-4-5-19-11-3-1-2-10(11)17/h6-7,10-11H,1-5H2. The summed E-state index contributed by atoms with van der Waals surface area (Å²) in [5.41, 5.74) is 0.425. The van der Waals surface area contributed by atoms with Crippen molar-refractivity contribution >= 4 is 29.1 Å². The molecule has 2 fully saturated rings. The average Bonchev–Trinajstić information content (AvgIpc) is 2.89. The number of amides is 1. The van der Waals surface area contributed by atoms with Gasteiger partial charge in [0.05, 0.1) is 29.3 Å². The zero-order valence-corrected chi connectivity index (χ0v) is 11.8. The molecule has 1 aromatic rings. The number of hydrogen-bond donors (Lipinski definition) is 0. The van der Waals surface area contributed by atoms with E-state index in [0.717, 1.165) is 19.3 Å². The Hall–Kier alpha value is -0.840. The number of fused-ring (bicyclic) bond motifs is 1. The maximum absolute atomic E-state index is 12.6. The minimum absolute atomic E-state index is 0.0745. The number of rotatable bonds is 1. The second-order valence-corrected chi connectivity index (χ2v) is 5.69. The highest BCUT2D eigenvalue weighted by molar-refractivity contribution is 6.35. The molecule has 0 bridgehead atoms. The monoisotopic (exact) mass is 300 g/mol. The molecule has 19 heavy (non-hydrogen) atoms. The van der Waals surface area contributed by atoms with Gasteiger partial charge < -0.3 is 9.64 Å². The molecule has 1 aromatic heterocycles. The van der Waals surface area contributed by atoms with Gasteiger partial charge in [0.2, 0.25) is 0 Å². The molecule has 2 atom stereocenters. The lowest BCUT2D eigenvalue weighted by Crippen LogP contribution is -2.51. The van der Waals surface area contributed by atoms with Crippen molar-refractivity contribution < 1.29 is 9.53 Å². The molecule has 1 amide bonds. The molecule has 2 unspecified atom stereocenters. The second-order valence-electron chi connectivity index (χ2n) is 4.89. The van der Waals surface area contributed by atoms with Crippen molar-refractivity contribution in [2.75, 3.05) is 13.2 Å². The first-order chi connectivity index (χ1) is 9.16. The lowest BCUT2D eigenvalue weighted by atomic mass is 10.1. The van der Waals surface area contributed by atoms with E-state index in [1.54, 1.807) is 0 Å². The molecule has 1 aliphatic heterocycles. The molecule has 0 radical (unpaired) electrons. The summed E-state index contributed by atoms with van der Waals surface area (Å²) in [6.07, 6.45) is 4.72. The van der Waals surface area contributed by atoms with Gasteiger partial charge in [-0.15, -0.1) is 0 Å². The van der Waals surface area contributed by atoms with Gasteiger partial charge in [-0.1, -0.05) is 23.2 Å². The normalized spacial score (nSPS) is 26.3. The van der Waals surface area contributed by atoms with Crippen molar-refractivity contribution in [2.24, 2.45) is 0 Å². The third-order valence-corrected chi connectivity index (χ3v) is 4.30. The number of aromatic nitrogens is 1. The Kier molecular flexibility index (Phi) is 3.65. The predicted molar refractivity (Wildman–Crippen MR) is 72.7 cm³/mol. The van der Waals surface area contributed by atoms with Crippen LogP contribution in [0.4, 0.5) is 0 Å². The van der Waals surface area contributed by atoms with E-state index < -0.39 is 0 Å².